The Hall–Kier alpha value is -2.31. The van der Waals surface area contributed by atoms with Gasteiger partial charge in [0, 0.05) is 19.3 Å². The topological polar surface area (TPSA) is 173 Å². The molecule has 0 aliphatic carbocycles. The monoisotopic (exact) mass is 408 g/mol. The lowest BCUT2D eigenvalue weighted by molar-refractivity contribution is -0.138. The van der Waals surface area contributed by atoms with Crippen LogP contribution in [0.4, 0.5) is 5.69 Å². The van der Waals surface area contributed by atoms with Crippen LogP contribution in [-0.4, -0.2) is 84.7 Å². The number of aliphatic hydroxyl groups excluding tert-OH is 2. The number of aliphatic carboxylic acids is 1. The van der Waals surface area contributed by atoms with Crippen LogP contribution in [0.2, 0.25) is 0 Å². The molecule has 7 N–H and O–H groups in total. The van der Waals surface area contributed by atoms with E-state index in [-0.39, 0.29) is 6.42 Å². The number of nitrogens with two attached hydrogens (primary N) is 2. The van der Waals surface area contributed by atoms with E-state index in [1.807, 2.05) is 11.8 Å². The number of hydrogen-bond donors (Lipinski definition) is 5. The Morgan fingerprint density at radius 3 is 2.79 bits per heavy atom. The molecule has 2 aromatic heterocycles. The van der Waals surface area contributed by atoms with Crippen molar-refractivity contribution in [2.75, 3.05) is 25.4 Å². The third-order valence-corrected chi connectivity index (χ3v) is 5.15. The molecule has 160 valence electrons. The molecule has 3 heterocycles. The average Bonchev–Trinajstić information content (AvgIpc) is 3.23. The van der Waals surface area contributed by atoms with Crippen LogP contribution in [0.3, 0.4) is 0 Å². The number of carboxylic acids is 1. The first-order valence-electron chi connectivity index (χ1n) is 9.62. The third kappa shape index (κ3) is 4.49. The Balaban J connectivity index is 1.72. The van der Waals surface area contributed by atoms with Crippen molar-refractivity contribution >= 4 is 22.8 Å². The molecule has 0 amide bonds. The minimum absolute atomic E-state index is 0.277. The van der Waals surface area contributed by atoms with Gasteiger partial charge in [0.15, 0.2) is 11.9 Å². The first kappa shape index (κ1) is 21.4. The number of carboxylic acid groups (broad SMARTS) is 1. The lowest BCUT2D eigenvalue weighted by Gasteiger charge is -2.26. The fourth-order valence-electron chi connectivity index (χ4n) is 3.56. The van der Waals surface area contributed by atoms with Crippen molar-refractivity contribution in [1.29, 1.82) is 0 Å². The Morgan fingerprint density at radius 2 is 2.10 bits per heavy atom. The van der Waals surface area contributed by atoms with Crippen LogP contribution in [0.5, 0.6) is 0 Å². The molecule has 0 radical (unpaired) electrons. The number of nitrogen functional groups attached to an aromatic ring is 1. The highest BCUT2D eigenvalue weighted by Crippen LogP contribution is 2.32. The molecule has 1 saturated heterocycles. The largest absolute Gasteiger partial charge is 0.480 e. The van der Waals surface area contributed by atoms with Gasteiger partial charge in [0.25, 0.3) is 0 Å². The summed E-state index contributed by atoms with van der Waals surface area (Å²) in [6.45, 7) is 3.46. The maximum absolute atomic E-state index is 10.9. The summed E-state index contributed by atoms with van der Waals surface area (Å²) >= 11 is 0. The first-order chi connectivity index (χ1) is 13.8. The molecule has 0 spiro atoms. The van der Waals surface area contributed by atoms with E-state index in [0.717, 1.165) is 6.42 Å². The van der Waals surface area contributed by atoms with E-state index in [9.17, 15) is 15.0 Å². The van der Waals surface area contributed by atoms with E-state index in [1.165, 1.54) is 6.33 Å². The molecule has 1 fully saturated rings. The number of pyridine rings is 1. The zero-order valence-electron chi connectivity index (χ0n) is 16.3. The lowest BCUT2D eigenvalue weighted by Crippen LogP contribution is -2.42. The molecule has 3 rings (SSSR count). The number of fused-ring (bicyclic) bond motifs is 1. The van der Waals surface area contributed by atoms with Crippen LogP contribution >= 0.6 is 0 Å². The molecule has 11 nitrogen and oxygen atoms in total. The molecule has 2 aromatic rings. The van der Waals surface area contributed by atoms with Gasteiger partial charge in [0.1, 0.15) is 29.9 Å². The summed E-state index contributed by atoms with van der Waals surface area (Å²) in [6, 6.07) is 0.684. The molecule has 5 unspecified atom stereocenters. The third-order valence-electron chi connectivity index (χ3n) is 5.15. The number of hydrogen-bond acceptors (Lipinski definition) is 9. The summed E-state index contributed by atoms with van der Waals surface area (Å²) in [5, 5.41) is 30.1. The molecule has 0 saturated carbocycles. The predicted molar refractivity (Wildman–Crippen MR) is 105 cm³/mol. The first-order valence-corrected chi connectivity index (χ1v) is 9.62. The summed E-state index contributed by atoms with van der Waals surface area (Å²) < 4.78 is 7.52. The fraction of sp³-hybridized carbons (Fsp3) is 0.611. The van der Waals surface area contributed by atoms with Gasteiger partial charge in [0.05, 0.1) is 12.0 Å². The van der Waals surface area contributed by atoms with Gasteiger partial charge >= 0.3 is 5.97 Å². The standard InChI is InChI=1S/C18H28N6O5/c1-2-6-23(7-4-11(20)18(27)28)8-12-14(25)15(26)17(29-12)24-9-22-13-10(19)3-5-21-16(13)24/h3,5,9,11-12,14-15,17,25-26H,2,4,6-8,20H2,1H3,(H2,19,21)(H,27,28). The predicted octanol–water partition coefficient (Wildman–Crippen LogP) is -0.853. The minimum atomic E-state index is -1.18. The number of anilines is 1. The normalized spacial score (nSPS) is 25.7. The molecular formula is C18H28N6O5. The summed E-state index contributed by atoms with van der Waals surface area (Å²) in [4.78, 5) is 21.4. The zero-order valence-corrected chi connectivity index (χ0v) is 16.3. The highest BCUT2D eigenvalue weighted by Gasteiger charge is 2.44. The smallest absolute Gasteiger partial charge is 0.320 e. The van der Waals surface area contributed by atoms with Gasteiger partial charge in [-0.05, 0) is 25.5 Å². The van der Waals surface area contributed by atoms with Crippen LogP contribution in [0.25, 0.3) is 11.2 Å². The van der Waals surface area contributed by atoms with Crippen molar-refractivity contribution in [1.82, 2.24) is 19.4 Å². The average molecular weight is 408 g/mol. The molecule has 5 atom stereocenters. The SMILES string of the molecule is CCCN(CCC(N)C(=O)O)CC1OC(n2cnc3c(N)ccnc32)C(O)C1O. The number of nitrogens with zero attached hydrogens (tertiary/aromatic N) is 4. The number of aliphatic hydroxyl groups is 2. The molecule has 0 bridgehead atoms. The molecule has 1 aliphatic rings. The van der Waals surface area contributed by atoms with E-state index in [0.29, 0.717) is 36.5 Å². The van der Waals surface area contributed by atoms with E-state index in [1.54, 1.807) is 16.8 Å². The van der Waals surface area contributed by atoms with Gasteiger partial charge in [0.2, 0.25) is 0 Å². The van der Waals surface area contributed by atoms with Gasteiger partial charge in [-0.3, -0.25) is 9.36 Å². The second-order valence-corrected chi connectivity index (χ2v) is 7.30. The second kappa shape index (κ2) is 9.01. The molecular weight excluding hydrogens is 380 g/mol. The van der Waals surface area contributed by atoms with Crippen molar-refractivity contribution in [2.45, 2.75) is 50.3 Å². The quantitative estimate of drug-likeness (QED) is 0.351. The van der Waals surface area contributed by atoms with Crippen LogP contribution in [0, 0.1) is 0 Å². The highest BCUT2D eigenvalue weighted by molar-refractivity contribution is 5.83. The molecule has 1 aliphatic heterocycles. The Morgan fingerprint density at radius 1 is 1.34 bits per heavy atom. The number of ether oxygens (including phenoxy) is 1. The summed E-state index contributed by atoms with van der Waals surface area (Å²) in [7, 11) is 0. The van der Waals surface area contributed by atoms with Crippen LogP contribution in [0.15, 0.2) is 18.6 Å². The minimum Gasteiger partial charge on any atom is -0.480 e. The summed E-state index contributed by atoms with van der Waals surface area (Å²) in [5.74, 6) is -1.05. The number of carbonyl (C=O) groups is 1. The Kier molecular flexibility index (Phi) is 6.65. The maximum Gasteiger partial charge on any atom is 0.320 e. The van der Waals surface area contributed by atoms with Crippen molar-refractivity contribution < 1.29 is 24.9 Å². The van der Waals surface area contributed by atoms with Gasteiger partial charge in [-0.1, -0.05) is 6.92 Å². The summed E-state index contributed by atoms with van der Waals surface area (Å²) in [5.41, 5.74) is 12.9. The lowest BCUT2D eigenvalue weighted by atomic mass is 10.1. The van der Waals surface area contributed by atoms with E-state index in [2.05, 4.69) is 9.97 Å². The van der Waals surface area contributed by atoms with Crippen molar-refractivity contribution in [3.8, 4) is 0 Å². The van der Waals surface area contributed by atoms with Crippen LogP contribution in [0.1, 0.15) is 26.0 Å². The van der Waals surface area contributed by atoms with E-state index < -0.39 is 36.6 Å². The van der Waals surface area contributed by atoms with Gasteiger partial charge in [-0.15, -0.1) is 0 Å². The highest BCUT2D eigenvalue weighted by atomic mass is 16.6. The molecule has 0 aromatic carbocycles. The van der Waals surface area contributed by atoms with Gasteiger partial charge in [-0.2, -0.15) is 0 Å². The van der Waals surface area contributed by atoms with Gasteiger partial charge in [-0.25, -0.2) is 9.97 Å². The Bertz CT molecular complexity index is 845. The van der Waals surface area contributed by atoms with Gasteiger partial charge < -0.3 is 36.4 Å². The maximum atomic E-state index is 10.9. The molecule has 11 heteroatoms. The van der Waals surface area contributed by atoms with E-state index in [4.69, 9.17) is 21.3 Å². The second-order valence-electron chi connectivity index (χ2n) is 7.30. The Labute approximate surface area is 167 Å². The zero-order chi connectivity index (χ0) is 21.1. The van der Waals surface area contributed by atoms with E-state index >= 15 is 0 Å². The number of rotatable bonds is 9. The van der Waals surface area contributed by atoms with Crippen molar-refractivity contribution in [2.24, 2.45) is 5.73 Å². The molecule has 29 heavy (non-hydrogen) atoms. The van der Waals surface area contributed by atoms with Crippen molar-refractivity contribution in [3.63, 3.8) is 0 Å². The van der Waals surface area contributed by atoms with Crippen LogP contribution < -0.4 is 11.5 Å². The fourth-order valence-corrected chi connectivity index (χ4v) is 3.56. The summed E-state index contributed by atoms with van der Waals surface area (Å²) in [6.07, 6.45) is 0.315. The van der Waals surface area contributed by atoms with Crippen molar-refractivity contribution in [3.05, 3.63) is 18.6 Å². The van der Waals surface area contributed by atoms with Crippen LogP contribution in [-0.2, 0) is 9.53 Å². The number of aromatic nitrogens is 3. The number of imidazole rings is 1.